The number of anilines is 1. The summed E-state index contributed by atoms with van der Waals surface area (Å²) in [7, 11) is 0. The third-order valence-electron chi connectivity index (χ3n) is 6.68. The minimum atomic E-state index is -1.90. The van der Waals surface area contributed by atoms with Crippen LogP contribution in [0.25, 0.3) is 5.52 Å². The molecular weight excluding hydrogens is 486 g/mol. The average Bonchev–Trinajstić information content (AvgIpc) is 3.40. The predicted molar refractivity (Wildman–Crippen MR) is 125 cm³/mol. The first-order chi connectivity index (χ1) is 17.7. The number of fused-ring (bicyclic) bond motifs is 1. The molecule has 1 saturated heterocycles. The number of rotatable bonds is 7. The number of nitrogens with zero attached hydrogens (tertiary/aromatic N) is 4. The summed E-state index contributed by atoms with van der Waals surface area (Å²) in [6.07, 6.45) is 2.43. The zero-order valence-corrected chi connectivity index (χ0v) is 20.6. The molecule has 0 bridgehead atoms. The maximum atomic E-state index is 12.6. The van der Waals surface area contributed by atoms with E-state index in [1.807, 2.05) is 6.07 Å². The van der Waals surface area contributed by atoms with Crippen LogP contribution in [0.15, 0.2) is 18.5 Å². The van der Waals surface area contributed by atoms with Gasteiger partial charge in [0.25, 0.3) is 0 Å². The zero-order chi connectivity index (χ0) is 26.6. The standard InChI is InChI=1S/C24H29N5O8/c1-14-20(36-19(31)10-16-6-4-3-5-7-16)21(32)24(11-25,37-14)18-9-8-17-22(26-12-27-29(17)18)28-23(33)35-13-34-15(2)30/h8-9,12,14,16,20-21,32H,3-7,10,13H2,1-2H3,(H,26,27,28,33)/t14-,20-,21-,24+/m1/s1. The number of carbonyl (C=O) groups excluding carboxylic acids is 3. The molecule has 1 aliphatic heterocycles. The van der Waals surface area contributed by atoms with Gasteiger partial charge in [-0.3, -0.25) is 14.9 Å². The highest BCUT2D eigenvalue weighted by molar-refractivity contribution is 5.88. The SMILES string of the molecule is CC(=O)OCOC(=O)Nc1ncnn2c([C@]3(C#N)O[C@H](C)[C@@H](OC(=O)CC4CCCCC4)[C@H]3O)ccc12. The van der Waals surface area contributed by atoms with Crippen molar-refractivity contribution in [2.75, 3.05) is 12.1 Å². The number of nitriles is 1. The van der Waals surface area contributed by atoms with Gasteiger partial charge in [-0.25, -0.2) is 14.3 Å². The summed E-state index contributed by atoms with van der Waals surface area (Å²) < 4.78 is 22.2. The third-order valence-corrected chi connectivity index (χ3v) is 6.68. The topological polar surface area (TPSA) is 174 Å². The van der Waals surface area contributed by atoms with E-state index in [1.54, 1.807) is 6.92 Å². The first kappa shape index (κ1) is 26.3. The molecule has 0 radical (unpaired) electrons. The van der Waals surface area contributed by atoms with Gasteiger partial charge in [-0.15, -0.1) is 0 Å². The molecule has 2 N–H and O–H groups in total. The number of amides is 1. The van der Waals surface area contributed by atoms with Crippen LogP contribution in [-0.4, -0.2) is 62.8 Å². The smallest absolute Gasteiger partial charge is 0.415 e. The van der Waals surface area contributed by atoms with E-state index in [-0.39, 0.29) is 29.4 Å². The average molecular weight is 516 g/mol. The first-order valence-electron chi connectivity index (χ1n) is 12.1. The normalized spacial score (nSPS) is 25.8. The Morgan fingerprint density at radius 3 is 2.73 bits per heavy atom. The Balaban J connectivity index is 1.52. The van der Waals surface area contributed by atoms with Gasteiger partial charge in [-0.2, -0.15) is 10.4 Å². The lowest BCUT2D eigenvalue weighted by Crippen LogP contribution is -2.42. The molecule has 1 aliphatic carbocycles. The Labute approximate surface area is 212 Å². The lowest BCUT2D eigenvalue weighted by molar-refractivity contribution is -0.156. The molecule has 13 heteroatoms. The van der Waals surface area contributed by atoms with Crippen LogP contribution in [-0.2, 0) is 34.1 Å². The number of aliphatic hydroxyl groups excluding tert-OH is 1. The summed E-state index contributed by atoms with van der Waals surface area (Å²) in [5.74, 6) is -0.744. The summed E-state index contributed by atoms with van der Waals surface area (Å²) >= 11 is 0. The molecule has 3 heterocycles. The van der Waals surface area contributed by atoms with Crippen LogP contribution in [0.5, 0.6) is 0 Å². The molecule has 4 atom stereocenters. The maximum absolute atomic E-state index is 12.6. The molecule has 0 unspecified atom stereocenters. The van der Waals surface area contributed by atoms with Gasteiger partial charge in [0, 0.05) is 13.3 Å². The number of carbonyl (C=O) groups is 3. The lowest BCUT2D eigenvalue weighted by Gasteiger charge is -2.25. The number of ether oxygens (including phenoxy) is 4. The van der Waals surface area contributed by atoms with E-state index in [2.05, 4.69) is 20.1 Å². The van der Waals surface area contributed by atoms with E-state index in [1.165, 1.54) is 30.0 Å². The minimum absolute atomic E-state index is 0.0400. The summed E-state index contributed by atoms with van der Waals surface area (Å²) in [4.78, 5) is 39.5. The van der Waals surface area contributed by atoms with Gasteiger partial charge in [-0.05, 0) is 37.8 Å². The van der Waals surface area contributed by atoms with Crippen LogP contribution >= 0.6 is 0 Å². The Kier molecular flexibility index (Phi) is 7.89. The summed E-state index contributed by atoms with van der Waals surface area (Å²) in [6, 6.07) is 5.06. The summed E-state index contributed by atoms with van der Waals surface area (Å²) in [5.41, 5.74) is -1.46. The largest absolute Gasteiger partial charge is 0.457 e. The van der Waals surface area contributed by atoms with Crippen LogP contribution in [0.4, 0.5) is 10.6 Å². The lowest BCUT2D eigenvalue weighted by atomic mass is 9.87. The highest BCUT2D eigenvalue weighted by Crippen LogP contribution is 2.42. The number of aliphatic hydroxyl groups is 1. The molecule has 0 spiro atoms. The number of esters is 2. The molecule has 37 heavy (non-hydrogen) atoms. The van der Waals surface area contributed by atoms with E-state index in [4.69, 9.17) is 14.2 Å². The second-order valence-corrected chi connectivity index (χ2v) is 9.21. The van der Waals surface area contributed by atoms with Crippen molar-refractivity contribution < 1.29 is 38.4 Å². The van der Waals surface area contributed by atoms with Crippen molar-refractivity contribution in [2.24, 2.45) is 5.92 Å². The van der Waals surface area contributed by atoms with Gasteiger partial charge in [0.05, 0.1) is 11.8 Å². The van der Waals surface area contributed by atoms with Crippen molar-refractivity contribution in [3.8, 4) is 6.07 Å². The molecule has 4 rings (SSSR count). The van der Waals surface area contributed by atoms with Crippen molar-refractivity contribution in [3.63, 3.8) is 0 Å². The molecule has 2 aliphatic rings. The van der Waals surface area contributed by atoms with E-state index in [0.717, 1.165) is 32.0 Å². The molecule has 0 aromatic carbocycles. The van der Waals surface area contributed by atoms with Gasteiger partial charge in [0.15, 0.2) is 11.9 Å². The van der Waals surface area contributed by atoms with Gasteiger partial charge < -0.3 is 24.1 Å². The second kappa shape index (κ2) is 11.1. The number of aromatic nitrogens is 3. The van der Waals surface area contributed by atoms with Crippen LogP contribution in [0.2, 0.25) is 0 Å². The van der Waals surface area contributed by atoms with Gasteiger partial charge in [0.1, 0.15) is 24.0 Å². The third kappa shape index (κ3) is 5.50. The Hall–Kier alpha value is -3.76. The molecule has 1 saturated carbocycles. The predicted octanol–water partition coefficient (Wildman–Crippen LogP) is 2.18. The van der Waals surface area contributed by atoms with E-state index < -0.39 is 48.7 Å². The fraction of sp³-hybridized carbons (Fsp3) is 0.583. The molecule has 198 valence electrons. The molecule has 13 nitrogen and oxygen atoms in total. The zero-order valence-electron chi connectivity index (χ0n) is 20.6. The Morgan fingerprint density at radius 1 is 1.27 bits per heavy atom. The second-order valence-electron chi connectivity index (χ2n) is 9.21. The van der Waals surface area contributed by atoms with Crippen molar-refractivity contribution >= 4 is 29.4 Å². The molecular formula is C24H29N5O8. The molecule has 2 fully saturated rings. The highest BCUT2D eigenvalue weighted by Gasteiger charge is 2.58. The fourth-order valence-electron chi connectivity index (χ4n) is 4.88. The van der Waals surface area contributed by atoms with Crippen LogP contribution in [0.1, 0.15) is 58.1 Å². The van der Waals surface area contributed by atoms with Crippen LogP contribution in [0, 0.1) is 17.2 Å². The molecule has 1 amide bonds. The Bertz CT molecular complexity index is 1200. The molecule has 2 aromatic rings. The maximum Gasteiger partial charge on any atom is 0.415 e. The van der Waals surface area contributed by atoms with Gasteiger partial charge in [0.2, 0.25) is 12.4 Å². The molecule has 2 aromatic heterocycles. The van der Waals surface area contributed by atoms with Crippen molar-refractivity contribution in [3.05, 3.63) is 24.2 Å². The van der Waals surface area contributed by atoms with E-state index in [0.29, 0.717) is 0 Å². The number of hydrogen-bond donors (Lipinski definition) is 2. The quantitative estimate of drug-likeness (QED) is 0.408. The minimum Gasteiger partial charge on any atom is -0.457 e. The van der Waals surface area contributed by atoms with Crippen LogP contribution in [0.3, 0.4) is 0 Å². The first-order valence-corrected chi connectivity index (χ1v) is 12.1. The van der Waals surface area contributed by atoms with Crippen molar-refractivity contribution in [1.29, 1.82) is 5.26 Å². The van der Waals surface area contributed by atoms with Crippen molar-refractivity contribution in [2.45, 2.75) is 76.3 Å². The Morgan fingerprint density at radius 2 is 2.03 bits per heavy atom. The van der Waals surface area contributed by atoms with E-state index >= 15 is 0 Å². The fourth-order valence-corrected chi connectivity index (χ4v) is 4.88. The highest BCUT2D eigenvalue weighted by atomic mass is 16.7. The van der Waals surface area contributed by atoms with E-state index in [9.17, 15) is 24.8 Å². The number of nitrogens with one attached hydrogen (secondary N) is 1. The van der Waals surface area contributed by atoms with Gasteiger partial charge >= 0.3 is 18.0 Å². The monoisotopic (exact) mass is 515 g/mol. The van der Waals surface area contributed by atoms with Gasteiger partial charge in [-0.1, -0.05) is 19.3 Å². The summed E-state index contributed by atoms with van der Waals surface area (Å²) in [5, 5.41) is 27.9. The van der Waals surface area contributed by atoms with Crippen LogP contribution < -0.4 is 5.32 Å². The summed E-state index contributed by atoms with van der Waals surface area (Å²) in [6.45, 7) is 2.22. The number of hydrogen-bond acceptors (Lipinski definition) is 11. The van der Waals surface area contributed by atoms with Crippen molar-refractivity contribution in [1.82, 2.24) is 14.6 Å².